The van der Waals surface area contributed by atoms with E-state index < -0.39 is 4.92 Å². The van der Waals surface area contributed by atoms with Crippen molar-refractivity contribution >= 4 is 27.2 Å². The number of fused-ring (bicyclic) bond motifs is 1. The highest BCUT2D eigenvalue weighted by molar-refractivity contribution is 7.17. The third-order valence-corrected chi connectivity index (χ3v) is 4.33. The monoisotopic (exact) mass is 301 g/mol. The minimum absolute atomic E-state index is 0.00635. The van der Waals surface area contributed by atoms with Crippen LogP contribution in [0.4, 0.5) is 5.69 Å². The number of thiophene rings is 1. The standard InChI is InChI=1S/C14H11N3O3S/c1-9-7-21-13-12(9)15-8-16(14(13)18)6-10-4-2-3-5-11(10)17(19)20/h2-5,7-8H,6H2,1H3. The van der Waals surface area contributed by atoms with Gasteiger partial charge in [0.2, 0.25) is 0 Å². The van der Waals surface area contributed by atoms with Gasteiger partial charge >= 0.3 is 0 Å². The molecule has 3 rings (SSSR count). The van der Waals surface area contributed by atoms with Crippen molar-refractivity contribution in [3.63, 3.8) is 0 Å². The van der Waals surface area contributed by atoms with E-state index in [1.807, 2.05) is 12.3 Å². The van der Waals surface area contributed by atoms with E-state index in [9.17, 15) is 14.9 Å². The first-order chi connectivity index (χ1) is 10.1. The van der Waals surface area contributed by atoms with E-state index in [0.717, 1.165) is 5.56 Å². The van der Waals surface area contributed by atoms with Crippen molar-refractivity contribution in [3.8, 4) is 0 Å². The average molecular weight is 301 g/mol. The highest BCUT2D eigenvalue weighted by Gasteiger charge is 2.14. The molecule has 0 aliphatic rings. The summed E-state index contributed by atoms with van der Waals surface area (Å²) in [5.41, 5.74) is 1.98. The highest BCUT2D eigenvalue weighted by atomic mass is 32.1. The molecule has 6 nitrogen and oxygen atoms in total. The molecule has 2 heterocycles. The molecule has 0 radical (unpaired) electrons. The number of para-hydroxylation sites is 1. The zero-order chi connectivity index (χ0) is 15.0. The fourth-order valence-corrected chi connectivity index (χ4v) is 3.13. The Labute approximate surface area is 123 Å². The lowest BCUT2D eigenvalue weighted by Crippen LogP contribution is -2.20. The van der Waals surface area contributed by atoms with E-state index in [-0.39, 0.29) is 17.8 Å². The Bertz CT molecular complexity index is 898. The number of nitro groups is 1. The van der Waals surface area contributed by atoms with Gasteiger partial charge < -0.3 is 0 Å². The second-order valence-corrected chi connectivity index (χ2v) is 5.54. The lowest BCUT2D eigenvalue weighted by Gasteiger charge is -2.06. The number of nitrogens with zero attached hydrogens (tertiary/aromatic N) is 3. The second kappa shape index (κ2) is 5.10. The predicted molar refractivity (Wildman–Crippen MR) is 80.8 cm³/mol. The molecule has 0 aliphatic heterocycles. The molecule has 0 aliphatic carbocycles. The summed E-state index contributed by atoms with van der Waals surface area (Å²) in [5.74, 6) is 0. The molecule has 0 spiro atoms. The van der Waals surface area contributed by atoms with E-state index in [4.69, 9.17) is 0 Å². The first-order valence-electron chi connectivity index (χ1n) is 6.23. The van der Waals surface area contributed by atoms with Crippen LogP contribution in [-0.4, -0.2) is 14.5 Å². The van der Waals surface area contributed by atoms with Gasteiger partial charge in [0.15, 0.2) is 0 Å². The number of benzene rings is 1. The van der Waals surface area contributed by atoms with Gasteiger partial charge in [0.05, 0.1) is 23.3 Å². The van der Waals surface area contributed by atoms with Gasteiger partial charge in [-0.25, -0.2) is 4.98 Å². The Morgan fingerprint density at radius 1 is 1.38 bits per heavy atom. The third-order valence-electron chi connectivity index (χ3n) is 3.25. The molecule has 0 unspecified atom stereocenters. The molecule has 0 fully saturated rings. The molecule has 7 heteroatoms. The molecule has 1 aromatic carbocycles. The maximum absolute atomic E-state index is 12.4. The maximum Gasteiger partial charge on any atom is 0.274 e. The largest absolute Gasteiger partial charge is 0.293 e. The first kappa shape index (κ1) is 13.4. The third kappa shape index (κ3) is 2.31. The Hall–Kier alpha value is -2.54. The van der Waals surface area contributed by atoms with Crippen molar-refractivity contribution in [1.82, 2.24) is 9.55 Å². The fraction of sp³-hybridized carbons (Fsp3) is 0.143. The number of hydrogen-bond donors (Lipinski definition) is 0. The summed E-state index contributed by atoms with van der Waals surface area (Å²) in [5, 5.41) is 12.9. The topological polar surface area (TPSA) is 78.0 Å². The van der Waals surface area contributed by atoms with Gasteiger partial charge in [0.25, 0.3) is 11.2 Å². The van der Waals surface area contributed by atoms with Gasteiger partial charge in [0.1, 0.15) is 4.70 Å². The van der Waals surface area contributed by atoms with Crippen LogP contribution in [0.1, 0.15) is 11.1 Å². The number of hydrogen-bond acceptors (Lipinski definition) is 5. The number of aryl methyl sites for hydroxylation is 1. The van der Waals surface area contributed by atoms with Crippen LogP contribution in [0.15, 0.2) is 40.8 Å². The van der Waals surface area contributed by atoms with E-state index in [1.165, 1.54) is 28.3 Å². The normalized spacial score (nSPS) is 10.9. The van der Waals surface area contributed by atoms with Gasteiger partial charge in [0, 0.05) is 11.6 Å². The fourth-order valence-electron chi connectivity index (χ4n) is 2.18. The first-order valence-corrected chi connectivity index (χ1v) is 7.11. The van der Waals surface area contributed by atoms with E-state index in [2.05, 4.69) is 4.98 Å². The van der Waals surface area contributed by atoms with Crippen LogP contribution in [-0.2, 0) is 6.54 Å². The minimum Gasteiger partial charge on any atom is -0.293 e. The molecule has 3 aromatic rings. The summed E-state index contributed by atoms with van der Waals surface area (Å²) in [4.78, 5) is 27.2. The summed E-state index contributed by atoms with van der Waals surface area (Å²) >= 11 is 1.35. The molecule has 2 aromatic heterocycles. The van der Waals surface area contributed by atoms with Gasteiger partial charge in [-0.15, -0.1) is 11.3 Å². The van der Waals surface area contributed by atoms with Crippen molar-refractivity contribution in [2.75, 3.05) is 0 Å². The van der Waals surface area contributed by atoms with Crippen LogP contribution in [0.25, 0.3) is 10.2 Å². The number of nitro benzene ring substituents is 1. The second-order valence-electron chi connectivity index (χ2n) is 4.66. The Morgan fingerprint density at radius 3 is 2.90 bits per heavy atom. The summed E-state index contributed by atoms with van der Waals surface area (Å²) in [6, 6.07) is 6.40. The Balaban J connectivity index is 2.09. The summed E-state index contributed by atoms with van der Waals surface area (Å²) in [6.07, 6.45) is 1.45. The quantitative estimate of drug-likeness (QED) is 0.550. The lowest BCUT2D eigenvalue weighted by atomic mass is 10.2. The van der Waals surface area contributed by atoms with E-state index >= 15 is 0 Å². The minimum atomic E-state index is -0.443. The molecule has 0 amide bonds. The van der Waals surface area contributed by atoms with Crippen molar-refractivity contribution in [2.24, 2.45) is 0 Å². The van der Waals surface area contributed by atoms with Crippen molar-refractivity contribution in [1.29, 1.82) is 0 Å². The zero-order valence-electron chi connectivity index (χ0n) is 11.1. The summed E-state index contributed by atoms with van der Waals surface area (Å²) in [7, 11) is 0. The number of rotatable bonds is 3. The molecule has 0 bridgehead atoms. The summed E-state index contributed by atoms with van der Waals surface area (Å²) in [6.45, 7) is 2.04. The van der Waals surface area contributed by atoms with Crippen molar-refractivity contribution < 1.29 is 4.92 Å². The smallest absolute Gasteiger partial charge is 0.274 e. The molecular weight excluding hydrogens is 290 g/mol. The zero-order valence-corrected chi connectivity index (χ0v) is 12.0. The van der Waals surface area contributed by atoms with Gasteiger partial charge in [-0.05, 0) is 17.9 Å². The molecule has 0 saturated carbocycles. The van der Waals surface area contributed by atoms with Crippen LogP contribution >= 0.6 is 11.3 Å². The van der Waals surface area contributed by atoms with Crippen LogP contribution < -0.4 is 5.56 Å². The molecule has 0 saturated heterocycles. The maximum atomic E-state index is 12.4. The van der Waals surface area contributed by atoms with Gasteiger partial charge in [-0.3, -0.25) is 19.5 Å². The van der Waals surface area contributed by atoms with Gasteiger partial charge in [-0.2, -0.15) is 0 Å². The van der Waals surface area contributed by atoms with Crippen molar-refractivity contribution in [2.45, 2.75) is 13.5 Å². The van der Waals surface area contributed by atoms with Gasteiger partial charge in [-0.1, -0.05) is 18.2 Å². The SMILES string of the molecule is Cc1csc2c(=O)n(Cc3ccccc3[N+](=O)[O-])cnc12. The molecule has 0 N–H and O–H groups in total. The molecule has 0 atom stereocenters. The van der Waals surface area contributed by atoms with E-state index in [0.29, 0.717) is 15.8 Å². The number of aromatic nitrogens is 2. The van der Waals surface area contributed by atoms with E-state index in [1.54, 1.807) is 18.2 Å². The Kier molecular flexibility index (Phi) is 3.26. The van der Waals surface area contributed by atoms with Crippen molar-refractivity contribution in [3.05, 3.63) is 67.6 Å². The molecule has 106 valence electrons. The highest BCUT2D eigenvalue weighted by Crippen LogP contribution is 2.21. The van der Waals surface area contributed by atoms with Crippen LogP contribution in [0.2, 0.25) is 0 Å². The summed E-state index contributed by atoms with van der Waals surface area (Å²) < 4.78 is 1.98. The average Bonchev–Trinajstić information content (AvgIpc) is 2.84. The van der Waals surface area contributed by atoms with Crippen LogP contribution in [0.5, 0.6) is 0 Å². The lowest BCUT2D eigenvalue weighted by molar-refractivity contribution is -0.385. The molecule has 21 heavy (non-hydrogen) atoms. The predicted octanol–water partition coefficient (Wildman–Crippen LogP) is 2.72. The van der Waals surface area contributed by atoms with Crippen LogP contribution in [0, 0.1) is 17.0 Å². The van der Waals surface area contributed by atoms with Crippen LogP contribution in [0.3, 0.4) is 0 Å². The molecular formula is C14H11N3O3S. The Morgan fingerprint density at radius 2 is 2.14 bits per heavy atom.